The molecule has 0 unspecified atom stereocenters. The highest BCUT2D eigenvalue weighted by Gasteiger charge is 2.16. The normalized spacial score (nSPS) is 16.4. The number of benzene rings is 2. The number of rotatable bonds is 10. The van der Waals surface area contributed by atoms with E-state index in [-0.39, 0.29) is 11.8 Å². The van der Waals surface area contributed by atoms with E-state index in [0.29, 0.717) is 30.5 Å². The van der Waals surface area contributed by atoms with Crippen molar-refractivity contribution in [2.45, 2.75) is 89.9 Å². The molecule has 2 aliphatic carbocycles. The lowest BCUT2D eigenvalue weighted by atomic mass is 9.86. The van der Waals surface area contributed by atoms with Gasteiger partial charge in [0.15, 0.2) is 5.82 Å². The van der Waals surface area contributed by atoms with Gasteiger partial charge in [0.2, 0.25) is 11.8 Å². The summed E-state index contributed by atoms with van der Waals surface area (Å²) in [4.78, 5) is 33.9. The molecule has 1 heterocycles. The molecule has 0 atom stereocenters. The van der Waals surface area contributed by atoms with E-state index >= 15 is 0 Å². The molecule has 40 heavy (non-hydrogen) atoms. The summed E-state index contributed by atoms with van der Waals surface area (Å²) in [7, 11) is 0. The van der Waals surface area contributed by atoms with Gasteiger partial charge < -0.3 is 10.6 Å². The predicted molar refractivity (Wildman–Crippen MR) is 162 cm³/mol. The van der Waals surface area contributed by atoms with Crippen molar-refractivity contribution in [3.63, 3.8) is 0 Å². The molecule has 0 radical (unpaired) electrons. The molecular weight excluding hydrogens is 496 g/mol. The number of nitrogens with zero attached hydrogens (tertiary/aromatic N) is 2. The first-order valence-electron chi connectivity index (χ1n) is 15.2. The standard InChI is InChI=1S/C34H42N4O2/c39-32(21-11-25-7-3-1-4-8-25)37-30-17-13-27(14-18-30)29-23-35-34(36-24-29)28-15-19-31(20-16-28)38-33(40)22-12-26-9-5-2-6-10-26/h13-20,23-26H,1-12,21-22H2,(H,37,39)(H,38,40). The smallest absolute Gasteiger partial charge is 0.224 e. The molecule has 1 aromatic heterocycles. The maximum absolute atomic E-state index is 12.4. The van der Waals surface area contributed by atoms with Crippen molar-refractivity contribution in [2.24, 2.45) is 11.8 Å². The molecule has 0 bridgehead atoms. The summed E-state index contributed by atoms with van der Waals surface area (Å²) in [6.07, 6.45) is 19.8. The summed E-state index contributed by atoms with van der Waals surface area (Å²) in [5.74, 6) is 2.24. The van der Waals surface area contributed by atoms with Crippen LogP contribution >= 0.6 is 0 Å². The van der Waals surface area contributed by atoms with Crippen molar-refractivity contribution in [1.82, 2.24) is 9.97 Å². The summed E-state index contributed by atoms with van der Waals surface area (Å²) >= 11 is 0. The summed E-state index contributed by atoms with van der Waals surface area (Å²) in [6.45, 7) is 0. The minimum atomic E-state index is 0.0870. The minimum absolute atomic E-state index is 0.0870. The lowest BCUT2D eigenvalue weighted by Gasteiger charge is -2.21. The Balaban J connectivity index is 1.09. The van der Waals surface area contributed by atoms with Gasteiger partial charge in [0.25, 0.3) is 0 Å². The van der Waals surface area contributed by atoms with Crippen LogP contribution in [0.1, 0.15) is 89.9 Å². The Morgan fingerprint density at radius 2 is 1.00 bits per heavy atom. The molecule has 0 spiro atoms. The Kier molecular flexibility index (Phi) is 9.94. The van der Waals surface area contributed by atoms with E-state index in [9.17, 15) is 9.59 Å². The molecule has 0 aliphatic heterocycles. The van der Waals surface area contributed by atoms with Crippen molar-refractivity contribution in [1.29, 1.82) is 0 Å². The lowest BCUT2D eigenvalue weighted by Crippen LogP contribution is -2.14. The van der Waals surface area contributed by atoms with Gasteiger partial charge in [-0.15, -0.1) is 0 Å². The van der Waals surface area contributed by atoms with Gasteiger partial charge in [-0.3, -0.25) is 9.59 Å². The number of hydrogen-bond donors (Lipinski definition) is 2. The molecule has 6 nitrogen and oxygen atoms in total. The van der Waals surface area contributed by atoms with Gasteiger partial charge in [0.1, 0.15) is 0 Å². The maximum atomic E-state index is 12.4. The summed E-state index contributed by atoms with van der Waals surface area (Å²) in [5.41, 5.74) is 4.43. The third kappa shape index (κ3) is 8.23. The molecule has 210 valence electrons. The van der Waals surface area contributed by atoms with Crippen LogP contribution in [0, 0.1) is 11.8 Å². The van der Waals surface area contributed by atoms with E-state index in [1.54, 1.807) is 0 Å². The van der Waals surface area contributed by atoms with Crippen LogP contribution in [-0.4, -0.2) is 21.8 Å². The van der Waals surface area contributed by atoms with Crippen LogP contribution < -0.4 is 10.6 Å². The van der Waals surface area contributed by atoms with Crippen molar-refractivity contribution >= 4 is 23.2 Å². The van der Waals surface area contributed by atoms with Gasteiger partial charge in [-0.1, -0.05) is 76.3 Å². The number of carbonyl (C=O) groups is 2. The second-order valence-corrected chi connectivity index (χ2v) is 11.6. The Hall–Kier alpha value is -3.54. The Morgan fingerprint density at radius 3 is 1.45 bits per heavy atom. The third-order valence-electron chi connectivity index (χ3n) is 8.59. The number of amides is 2. The molecule has 2 N–H and O–H groups in total. The molecule has 2 amide bonds. The number of carbonyl (C=O) groups excluding carboxylic acids is 2. The van der Waals surface area contributed by atoms with E-state index in [2.05, 4.69) is 20.6 Å². The van der Waals surface area contributed by atoms with E-state index in [1.807, 2.05) is 60.9 Å². The Labute approximate surface area is 238 Å². The molecule has 6 heteroatoms. The predicted octanol–water partition coefficient (Wildman–Crippen LogP) is 8.41. The molecule has 2 aromatic carbocycles. The average Bonchev–Trinajstić information content (AvgIpc) is 3.01. The van der Waals surface area contributed by atoms with E-state index in [4.69, 9.17) is 0 Å². The summed E-state index contributed by atoms with van der Waals surface area (Å²) in [5, 5.41) is 6.06. The van der Waals surface area contributed by atoms with Crippen molar-refractivity contribution < 1.29 is 9.59 Å². The number of nitrogens with one attached hydrogen (secondary N) is 2. The van der Waals surface area contributed by atoms with Gasteiger partial charge in [-0.25, -0.2) is 9.97 Å². The van der Waals surface area contributed by atoms with Crippen LogP contribution in [0.3, 0.4) is 0 Å². The second kappa shape index (κ2) is 14.2. The molecule has 3 aromatic rings. The summed E-state index contributed by atoms with van der Waals surface area (Å²) < 4.78 is 0. The van der Waals surface area contributed by atoms with E-state index in [1.165, 1.54) is 64.2 Å². The van der Waals surface area contributed by atoms with Crippen LogP contribution in [-0.2, 0) is 9.59 Å². The number of anilines is 2. The van der Waals surface area contributed by atoms with Crippen LogP contribution in [0.15, 0.2) is 60.9 Å². The zero-order chi connectivity index (χ0) is 27.6. The van der Waals surface area contributed by atoms with Gasteiger partial charge in [-0.2, -0.15) is 0 Å². The zero-order valence-corrected chi connectivity index (χ0v) is 23.5. The Morgan fingerprint density at radius 1 is 0.575 bits per heavy atom. The first-order chi connectivity index (χ1) is 19.6. The number of hydrogen-bond acceptors (Lipinski definition) is 4. The third-order valence-corrected chi connectivity index (χ3v) is 8.59. The largest absolute Gasteiger partial charge is 0.326 e. The summed E-state index contributed by atoms with van der Waals surface area (Å²) in [6, 6.07) is 15.5. The average molecular weight is 539 g/mol. The van der Waals surface area contributed by atoms with Crippen LogP contribution in [0.25, 0.3) is 22.5 Å². The first-order valence-corrected chi connectivity index (χ1v) is 15.2. The molecule has 0 saturated heterocycles. The molecule has 2 fully saturated rings. The highest BCUT2D eigenvalue weighted by Crippen LogP contribution is 2.29. The molecule has 2 aliphatic rings. The first kappa shape index (κ1) is 28.0. The van der Waals surface area contributed by atoms with Crippen LogP contribution in [0.4, 0.5) is 11.4 Å². The fraction of sp³-hybridized carbons (Fsp3) is 0.471. The van der Waals surface area contributed by atoms with Crippen molar-refractivity contribution in [3.8, 4) is 22.5 Å². The van der Waals surface area contributed by atoms with Crippen LogP contribution in [0.2, 0.25) is 0 Å². The second-order valence-electron chi connectivity index (χ2n) is 11.6. The quantitative estimate of drug-likeness (QED) is 0.271. The lowest BCUT2D eigenvalue weighted by molar-refractivity contribution is -0.117. The van der Waals surface area contributed by atoms with Crippen molar-refractivity contribution in [2.75, 3.05) is 10.6 Å². The van der Waals surface area contributed by atoms with Crippen molar-refractivity contribution in [3.05, 3.63) is 60.9 Å². The van der Waals surface area contributed by atoms with Gasteiger partial charge in [0.05, 0.1) is 0 Å². The van der Waals surface area contributed by atoms with E-state index < -0.39 is 0 Å². The highest BCUT2D eigenvalue weighted by atomic mass is 16.2. The maximum Gasteiger partial charge on any atom is 0.224 e. The Bertz CT molecular complexity index is 1130. The zero-order valence-electron chi connectivity index (χ0n) is 23.5. The SMILES string of the molecule is O=C(CCC1CCCCC1)Nc1ccc(-c2cnc(-c3ccc(NC(=O)CCC4CCCCC4)cc3)nc2)cc1. The minimum Gasteiger partial charge on any atom is -0.326 e. The molecule has 2 saturated carbocycles. The monoisotopic (exact) mass is 538 g/mol. The van der Waals surface area contributed by atoms with Gasteiger partial charge in [-0.05, 0) is 66.6 Å². The van der Waals surface area contributed by atoms with E-state index in [0.717, 1.165) is 40.9 Å². The topological polar surface area (TPSA) is 84.0 Å². The van der Waals surface area contributed by atoms with Crippen LogP contribution in [0.5, 0.6) is 0 Å². The molecular formula is C34H42N4O2. The fourth-order valence-corrected chi connectivity index (χ4v) is 6.14. The highest BCUT2D eigenvalue weighted by molar-refractivity contribution is 5.91. The van der Waals surface area contributed by atoms with Gasteiger partial charge >= 0.3 is 0 Å². The molecule has 5 rings (SSSR count). The number of aromatic nitrogens is 2. The van der Waals surface area contributed by atoms with Gasteiger partial charge in [0, 0.05) is 47.7 Å². The fourth-order valence-electron chi connectivity index (χ4n) is 6.14.